The van der Waals surface area contributed by atoms with Crippen molar-refractivity contribution in [1.82, 2.24) is 35.0 Å². The minimum atomic E-state index is 0.493. The highest BCUT2D eigenvalue weighted by molar-refractivity contribution is 5.79. The van der Waals surface area contributed by atoms with Gasteiger partial charge in [0.25, 0.3) is 0 Å². The third-order valence-electron chi connectivity index (χ3n) is 4.89. The Morgan fingerprint density at radius 2 is 2.00 bits per heavy atom. The van der Waals surface area contributed by atoms with Gasteiger partial charge in [0.15, 0.2) is 17.4 Å². The van der Waals surface area contributed by atoms with Crippen LogP contribution in [0.3, 0.4) is 0 Å². The number of likely N-dealkylation sites (N-methyl/N-ethyl adjacent to an activating group) is 1. The second kappa shape index (κ2) is 9.66. The van der Waals surface area contributed by atoms with Crippen LogP contribution in [0.1, 0.15) is 19.7 Å². The molecule has 0 aliphatic carbocycles. The van der Waals surface area contributed by atoms with E-state index in [1.54, 1.807) is 0 Å². The normalized spacial score (nSPS) is 18.0. The van der Waals surface area contributed by atoms with E-state index in [1.165, 1.54) is 0 Å². The van der Waals surface area contributed by atoms with Crippen LogP contribution in [0.25, 0.3) is 5.65 Å². The summed E-state index contributed by atoms with van der Waals surface area (Å²) in [7, 11) is 2.19. The number of rotatable bonds is 7. The van der Waals surface area contributed by atoms with Crippen LogP contribution in [-0.4, -0.2) is 83.2 Å². The SMILES string of the molecule is CCNC(=NCc1nnc2ccccn12)NCC(C)CN1CCN(C)CC1. The summed E-state index contributed by atoms with van der Waals surface area (Å²) in [4.78, 5) is 9.63. The van der Waals surface area contributed by atoms with Gasteiger partial charge in [0.2, 0.25) is 0 Å². The monoisotopic (exact) mass is 372 g/mol. The lowest BCUT2D eigenvalue weighted by Crippen LogP contribution is -2.47. The van der Waals surface area contributed by atoms with Gasteiger partial charge in [-0.05, 0) is 32.0 Å². The zero-order chi connectivity index (χ0) is 19.1. The van der Waals surface area contributed by atoms with Crippen molar-refractivity contribution in [3.05, 3.63) is 30.2 Å². The summed E-state index contributed by atoms with van der Waals surface area (Å²) in [5, 5.41) is 15.2. The number of aromatic nitrogens is 3. The number of nitrogens with one attached hydrogen (secondary N) is 2. The van der Waals surface area contributed by atoms with Crippen molar-refractivity contribution in [3.8, 4) is 0 Å². The van der Waals surface area contributed by atoms with E-state index in [0.717, 1.165) is 63.2 Å². The van der Waals surface area contributed by atoms with E-state index in [4.69, 9.17) is 0 Å². The van der Waals surface area contributed by atoms with E-state index in [1.807, 2.05) is 28.8 Å². The Labute approximate surface area is 161 Å². The van der Waals surface area contributed by atoms with Crippen molar-refractivity contribution in [2.75, 3.05) is 52.9 Å². The molecule has 1 aliphatic rings. The van der Waals surface area contributed by atoms with E-state index < -0.39 is 0 Å². The molecule has 0 amide bonds. The molecule has 0 saturated carbocycles. The van der Waals surface area contributed by atoms with Gasteiger partial charge in [-0.15, -0.1) is 10.2 Å². The number of aliphatic imine (C=N–C) groups is 1. The molecule has 8 nitrogen and oxygen atoms in total. The molecule has 1 saturated heterocycles. The van der Waals surface area contributed by atoms with Gasteiger partial charge < -0.3 is 20.4 Å². The number of piperazine rings is 1. The van der Waals surface area contributed by atoms with Crippen molar-refractivity contribution in [3.63, 3.8) is 0 Å². The van der Waals surface area contributed by atoms with Crippen LogP contribution in [0.2, 0.25) is 0 Å². The molecule has 3 rings (SSSR count). The summed E-state index contributed by atoms with van der Waals surface area (Å²) in [6.07, 6.45) is 1.97. The minimum Gasteiger partial charge on any atom is -0.357 e. The van der Waals surface area contributed by atoms with Crippen molar-refractivity contribution in [2.45, 2.75) is 20.4 Å². The number of hydrogen-bond acceptors (Lipinski definition) is 5. The quantitative estimate of drug-likeness (QED) is 0.550. The van der Waals surface area contributed by atoms with Gasteiger partial charge in [0, 0.05) is 52.0 Å². The predicted octanol–water partition coefficient (Wildman–Crippen LogP) is 0.668. The fourth-order valence-electron chi connectivity index (χ4n) is 3.30. The van der Waals surface area contributed by atoms with Gasteiger partial charge in [-0.1, -0.05) is 13.0 Å². The first kappa shape index (κ1) is 19.6. The predicted molar refractivity (Wildman–Crippen MR) is 109 cm³/mol. The summed E-state index contributed by atoms with van der Waals surface area (Å²) < 4.78 is 1.98. The molecule has 148 valence electrons. The van der Waals surface area contributed by atoms with Crippen LogP contribution in [0, 0.1) is 5.92 Å². The third kappa shape index (κ3) is 5.64. The highest BCUT2D eigenvalue weighted by atomic mass is 15.3. The van der Waals surface area contributed by atoms with E-state index in [2.05, 4.69) is 56.5 Å². The summed E-state index contributed by atoms with van der Waals surface area (Å²) in [5.41, 5.74) is 0.849. The largest absolute Gasteiger partial charge is 0.357 e. The molecule has 3 heterocycles. The molecule has 0 aromatic carbocycles. The molecular weight excluding hydrogens is 340 g/mol. The molecule has 1 atom stereocenters. The molecule has 1 aliphatic heterocycles. The number of fused-ring (bicyclic) bond motifs is 1. The van der Waals surface area contributed by atoms with Crippen LogP contribution < -0.4 is 10.6 Å². The molecule has 2 aromatic rings. The van der Waals surface area contributed by atoms with E-state index >= 15 is 0 Å². The van der Waals surface area contributed by atoms with Gasteiger partial charge in [0.1, 0.15) is 6.54 Å². The third-order valence-corrected chi connectivity index (χ3v) is 4.89. The maximum absolute atomic E-state index is 4.69. The standard InChI is InChI=1S/C19H32N8/c1-4-20-19(21-13-16(2)15-26-11-9-25(3)10-12-26)22-14-18-24-23-17-7-5-6-8-27(17)18/h5-8,16H,4,9-15H2,1-3H3,(H2,20,21,22). The lowest BCUT2D eigenvalue weighted by atomic mass is 10.1. The number of guanidine groups is 1. The lowest BCUT2D eigenvalue weighted by Gasteiger charge is -2.34. The average Bonchev–Trinajstić information content (AvgIpc) is 3.09. The molecular formula is C19H32N8. The summed E-state index contributed by atoms with van der Waals surface area (Å²) >= 11 is 0. The number of hydrogen-bond donors (Lipinski definition) is 2. The van der Waals surface area contributed by atoms with Crippen LogP contribution >= 0.6 is 0 Å². The average molecular weight is 373 g/mol. The smallest absolute Gasteiger partial charge is 0.191 e. The van der Waals surface area contributed by atoms with Gasteiger partial charge in [0.05, 0.1) is 0 Å². The maximum Gasteiger partial charge on any atom is 0.191 e. The summed E-state index contributed by atoms with van der Waals surface area (Å²) in [6, 6.07) is 5.89. The van der Waals surface area contributed by atoms with Gasteiger partial charge in [-0.2, -0.15) is 0 Å². The first-order valence-electron chi connectivity index (χ1n) is 9.87. The summed E-state index contributed by atoms with van der Waals surface area (Å²) in [5.74, 6) is 2.23. The molecule has 27 heavy (non-hydrogen) atoms. The maximum atomic E-state index is 4.69. The molecule has 1 unspecified atom stereocenters. The highest BCUT2D eigenvalue weighted by Crippen LogP contribution is 2.05. The Balaban J connectivity index is 1.51. The topological polar surface area (TPSA) is 73.1 Å². The van der Waals surface area contributed by atoms with E-state index in [-0.39, 0.29) is 0 Å². The molecule has 2 aromatic heterocycles. The number of pyridine rings is 1. The van der Waals surface area contributed by atoms with Gasteiger partial charge in [-0.25, -0.2) is 4.99 Å². The second-order valence-electron chi connectivity index (χ2n) is 7.33. The fourth-order valence-corrected chi connectivity index (χ4v) is 3.30. The van der Waals surface area contributed by atoms with Gasteiger partial charge >= 0.3 is 0 Å². The molecule has 0 spiro atoms. The van der Waals surface area contributed by atoms with Gasteiger partial charge in [-0.3, -0.25) is 4.40 Å². The van der Waals surface area contributed by atoms with Crippen molar-refractivity contribution in [1.29, 1.82) is 0 Å². The van der Waals surface area contributed by atoms with E-state index in [9.17, 15) is 0 Å². The Hall–Kier alpha value is -2.19. The molecule has 2 N–H and O–H groups in total. The first-order chi connectivity index (χ1) is 13.2. The lowest BCUT2D eigenvalue weighted by molar-refractivity contribution is 0.139. The molecule has 0 bridgehead atoms. The van der Waals surface area contributed by atoms with Crippen molar-refractivity contribution in [2.24, 2.45) is 10.9 Å². The van der Waals surface area contributed by atoms with E-state index in [0.29, 0.717) is 12.5 Å². The van der Waals surface area contributed by atoms with Crippen LogP contribution in [0.5, 0.6) is 0 Å². The second-order valence-corrected chi connectivity index (χ2v) is 7.33. The Bertz CT molecular complexity index is 732. The summed E-state index contributed by atoms with van der Waals surface area (Å²) in [6.45, 7) is 12.4. The Morgan fingerprint density at radius 3 is 2.78 bits per heavy atom. The van der Waals surface area contributed by atoms with Crippen LogP contribution in [0.15, 0.2) is 29.4 Å². The first-order valence-corrected chi connectivity index (χ1v) is 9.87. The molecule has 1 fully saturated rings. The number of nitrogens with zero attached hydrogens (tertiary/aromatic N) is 6. The zero-order valence-electron chi connectivity index (χ0n) is 16.7. The zero-order valence-corrected chi connectivity index (χ0v) is 16.7. The van der Waals surface area contributed by atoms with Crippen molar-refractivity contribution < 1.29 is 0 Å². The van der Waals surface area contributed by atoms with Crippen LogP contribution in [-0.2, 0) is 6.54 Å². The van der Waals surface area contributed by atoms with Crippen molar-refractivity contribution >= 4 is 11.6 Å². The molecule has 0 radical (unpaired) electrons. The fraction of sp³-hybridized carbons (Fsp3) is 0.632. The molecule has 8 heteroatoms. The Kier molecular flexibility index (Phi) is 7.00. The minimum absolute atomic E-state index is 0.493. The van der Waals surface area contributed by atoms with Crippen LogP contribution in [0.4, 0.5) is 0 Å². The highest BCUT2D eigenvalue weighted by Gasteiger charge is 2.16. The Morgan fingerprint density at radius 1 is 1.19 bits per heavy atom.